The third-order valence-electron chi connectivity index (χ3n) is 6.59. The van der Waals surface area contributed by atoms with Crippen molar-refractivity contribution >= 4 is 35.0 Å². The number of likely N-dealkylation sites (tertiary alicyclic amines) is 1. The van der Waals surface area contributed by atoms with Gasteiger partial charge in [-0.25, -0.2) is 0 Å². The zero-order valence-corrected chi connectivity index (χ0v) is 19.1. The van der Waals surface area contributed by atoms with Gasteiger partial charge in [-0.15, -0.1) is 0 Å². The van der Waals surface area contributed by atoms with Crippen LogP contribution in [0.15, 0.2) is 42.5 Å². The molecule has 0 spiro atoms. The monoisotopic (exact) mass is 458 g/mol. The van der Waals surface area contributed by atoms with Crippen LogP contribution < -0.4 is 5.32 Å². The summed E-state index contributed by atoms with van der Waals surface area (Å²) < 4.78 is 0. The van der Waals surface area contributed by atoms with Gasteiger partial charge in [0.15, 0.2) is 0 Å². The van der Waals surface area contributed by atoms with E-state index in [0.717, 1.165) is 24.9 Å². The summed E-state index contributed by atoms with van der Waals surface area (Å²) in [6.45, 7) is 1.31. The Kier molecular flexibility index (Phi) is 7.19. The third kappa shape index (κ3) is 5.24. The Morgan fingerprint density at radius 3 is 2.42 bits per heavy atom. The maximum Gasteiger partial charge on any atom is 0.254 e. The summed E-state index contributed by atoms with van der Waals surface area (Å²) in [5, 5.41) is 4.11. The first kappa shape index (κ1) is 22.2. The number of piperidine rings is 1. The van der Waals surface area contributed by atoms with E-state index in [1.165, 1.54) is 25.7 Å². The first-order valence-electron chi connectivity index (χ1n) is 11.2. The lowest BCUT2D eigenvalue weighted by atomic mass is 9.78. The van der Waals surface area contributed by atoms with E-state index in [2.05, 4.69) is 10.2 Å². The molecule has 31 heavy (non-hydrogen) atoms. The van der Waals surface area contributed by atoms with Crippen LogP contribution in [0.3, 0.4) is 0 Å². The Morgan fingerprint density at radius 2 is 1.65 bits per heavy atom. The molecule has 1 N–H and O–H groups in total. The van der Waals surface area contributed by atoms with E-state index in [0.29, 0.717) is 46.1 Å². The zero-order valence-electron chi connectivity index (χ0n) is 17.6. The normalized spacial score (nSPS) is 20.8. The van der Waals surface area contributed by atoms with E-state index in [9.17, 15) is 9.59 Å². The number of nitrogens with zero attached hydrogens (tertiary/aromatic N) is 1. The number of carbonyl (C=O) groups is 2. The quantitative estimate of drug-likeness (QED) is 0.618. The van der Waals surface area contributed by atoms with Gasteiger partial charge >= 0.3 is 0 Å². The first-order chi connectivity index (χ1) is 15.0. The van der Waals surface area contributed by atoms with Crippen molar-refractivity contribution in [1.82, 2.24) is 10.2 Å². The van der Waals surface area contributed by atoms with Crippen molar-refractivity contribution < 1.29 is 9.59 Å². The summed E-state index contributed by atoms with van der Waals surface area (Å²) in [7, 11) is 0. The molecule has 1 saturated carbocycles. The molecule has 2 aromatic carbocycles. The van der Waals surface area contributed by atoms with E-state index in [-0.39, 0.29) is 11.8 Å². The highest BCUT2D eigenvalue weighted by Crippen LogP contribution is 2.36. The summed E-state index contributed by atoms with van der Waals surface area (Å²) >= 11 is 12.1. The van der Waals surface area contributed by atoms with Crippen molar-refractivity contribution in [3.63, 3.8) is 0 Å². The van der Waals surface area contributed by atoms with E-state index >= 15 is 0 Å². The van der Waals surface area contributed by atoms with Gasteiger partial charge in [-0.3, -0.25) is 9.59 Å². The molecule has 2 aliphatic rings. The smallest absolute Gasteiger partial charge is 0.254 e. The van der Waals surface area contributed by atoms with Crippen LogP contribution in [0, 0.1) is 5.92 Å². The van der Waals surface area contributed by atoms with Crippen LogP contribution in [0.2, 0.25) is 10.0 Å². The fraction of sp³-hybridized carbons (Fsp3) is 0.440. The van der Waals surface area contributed by atoms with Gasteiger partial charge in [-0.1, -0.05) is 42.1 Å². The average Bonchev–Trinajstić information content (AvgIpc) is 2.79. The highest BCUT2D eigenvalue weighted by atomic mass is 35.5. The number of halogens is 2. The van der Waals surface area contributed by atoms with Crippen molar-refractivity contribution in [3.05, 3.63) is 69.2 Å². The van der Waals surface area contributed by atoms with Crippen LogP contribution in [0.1, 0.15) is 64.8 Å². The molecule has 1 aliphatic heterocycles. The van der Waals surface area contributed by atoms with Crippen molar-refractivity contribution in [1.29, 1.82) is 0 Å². The third-order valence-corrected chi connectivity index (χ3v) is 7.18. The molecule has 4 rings (SSSR count). The lowest BCUT2D eigenvalue weighted by molar-refractivity contribution is 0.0390. The highest BCUT2D eigenvalue weighted by molar-refractivity contribution is 6.35. The number of amides is 2. The number of fused-ring (bicyclic) bond motifs is 1. The SMILES string of the molecule is O=C(NCCc1ccc(Cl)cc1Cl)c1ccc(C(=O)N2CCC[C@@H]3CCCC[C@@H]32)cc1. The Hall–Kier alpha value is -2.04. The number of benzene rings is 2. The minimum absolute atomic E-state index is 0.0981. The fourth-order valence-electron chi connectivity index (χ4n) is 4.94. The van der Waals surface area contributed by atoms with Gasteiger partial charge in [-0.05, 0) is 80.0 Å². The number of nitrogens with one attached hydrogen (secondary N) is 1. The van der Waals surface area contributed by atoms with Crippen LogP contribution in [-0.4, -0.2) is 35.8 Å². The second-order valence-electron chi connectivity index (χ2n) is 8.57. The molecule has 1 saturated heterocycles. The van der Waals surface area contributed by atoms with E-state index in [4.69, 9.17) is 23.2 Å². The largest absolute Gasteiger partial charge is 0.352 e. The molecular weight excluding hydrogens is 431 g/mol. The van der Waals surface area contributed by atoms with E-state index in [1.807, 2.05) is 6.07 Å². The molecule has 2 atom stereocenters. The van der Waals surface area contributed by atoms with E-state index in [1.54, 1.807) is 36.4 Å². The van der Waals surface area contributed by atoms with Crippen molar-refractivity contribution in [2.45, 2.75) is 51.0 Å². The number of hydrogen-bond acceptors (Lipinski definition) is 2. The molecule has 0 unspecified atom stereocenters. The average molecular weight is 459 g/mol. The summed E-state index contributed by atoms with van der Waals surface area (Å²) in [6, 6.07) is 12.8. The Morgan fingerprint density at radius 1 is 0.935 bits per heavy atom. The van der Waals surface area contributed by atoms with Crippen molar-refractivity contribution in [2.24, 2.45) is 5.92 Å². The summed E-state index contributed by atoms with van der Waals surface area (Å²) in [6.07, 6.45) is 7.82. The second kappa shape index (κ2) is 10.1. The minimum Gasteiger partial charge on any atom is -0.352 e. The van der Waals surface area contributed by atoms with Gasteiger partial charge in [-0.2, -0.15) is 0 Å². The van der Waals surface area contributed by atoms with Crippen LogP contribution in [0.5, 0.6) is 0 Å². The second-order valence-corrected chi connectivity index (χ2v) is 9.42. The number of carbonyl (C=O) groups excluding carboxylic acids is 2. The molecule has 1 aliphatic carbocycles. The van der Waals surface area contributed by atoms with Gasteiger partial charge in [0.25, 0.3) is 11.8 Å². The zero-order chi connectivity index (χ0) is 21.8. The Bertz CT molecular complexity index is 943. The first-order valence-corrected chi connectivity index (χ1v) is 11.9. The molecule has 164 valence electrons. The Balaban J connectivity index is 1.34. The summed E-state index contributed by atoms with van der Waals surface area (Å²) in [4.78, 5) is 27.7. The predicted molar refractivity (Wildman–Crippen MR) is 125 cm³/mol. The molecule has 0 radical (unpaired) electrons. The highest BCUT2D eigenvalue weighted by Gasteiger charge is 2.35. The predicted octanol–water partition coefficient (Wildman–Crippen LogP) is 5.76. The summed E-state index contributed by atoms with van der Waals surface area (Å²) in [5.41, 5.74) is 2.15. The molecule has 0 aromatic heterocycles. The molecule has 2 amide bonds. The van der Waals surface area contributed by atoms with Gasteiger partial charge in [0.2, 0.25) is 0 Å². The molecular formula is C25H28Cl2N2O2. The van der Waals surface area contributed by atoms with Crippen molar-refractivity contribution in [3.8, 4) is 0 Å². The van der Waals surface area contributed by atoms with Crippen LogP contribution in [-0.2, 0) is 6.42 Å². The van der Waals surface area contributed by atoms with Gasteiger partial charge in [0, 0.05) is 40.3 Å². The maximum absolute atomic E-state index is 13.1. The topological polar surface area (TPSA) is 49.4 Å². The fourth-order valence-corrected chi connectivity index (χ4v) is 5.45. The lowest BCUT2D eigenvalue weighted by Crippen LogP contribution is -2.49. The van der Waals surface area contributed by atoms with Crippen LogP contribution in [0.25, 0.3) is 0 Å². The number of rotatable bonds is 5. The van der Waals surface area contributed by atoms with Gasteiger partial charge in [0.05, 0.1) is 0 Å². The van der Waals surface area contributed by atoms with Crippen LogP contribution in [0.4, 0.5) is 0 Å². The Labute approximate surface area is 193 Å². The minimum atomic E-state index is -0.158. The molecule has 0 bridgehead atoms. The maximum atomic E-state index is 13.1. The standard InChI is InChI=1S/C25H28Cl2N2O2/c26-21-12-11-17(22(27)16-21)13-14-28-24(30)19-7-9-20(10-8-19)25(31)29-15-3-5-18-4-1-2-6-23(18)29/h7-12,16,18,23H,1-6,13-15H2,(H,28,30)/t18-,23-/m0/s1. The van der Waals surface area contributed by atoms with Crippen molar-refractivity contribution in [2.75, 3.05) is 13.1 Å². The van der Waals surface area contributed by atoms with E-state index < -0.39 is 0 Å². The molecule has 4 nitrogen and oxygen atoms in total. The van der Waals surface area contributed by atoms with Gasteiger partial charge < -0.3 is 10.2 Å². The number of hydrogen-bond donors (Lipinski definition) is 1. The molecule has 6 heteroatoms. The lowest BCUT2D eigenvalue weighted by Gasteiger charge is -2.44. The molecule has 2 aromatic rings. The van der Waals surface area contributed by atoms with Gasteiger partial charge in [0.1, 0.15) is 0 Å². The summed E-state index contributed by atoms with van der Waals surface area (Å²) in [5.74, 6) is 0.598. The molecule has 2 fully saturated rings. The molecule has 1 heterocycles. The van der Waals surface area contributed by atoms with Crippen LogP contribution >= 0.6 is 23.2 Å².